The van der Waals surface area contributed by atoms with Crippen LogP contribution in [0.2, 0.25) is 0 Å². The van der Waals surface area contributed by atoms with Gasteiger partial charge in [0.2, 0.25) is 10.0 Å². The van der Waals surface area contributed by atoms with Crippen LogP contribution in [-0.2, 0) is 25.0 Å². The van der Waals surface area contributed by atoms with Crippen molar-refractivity contribution in [2.45, 2.75) is 31.1 Å². The Morgan fingerprint density at radius 3 is 2.18 bits per heavy atom. The average molecular weight is 401 g/mol. The molecule has 0 bridgehead atoms. The van der Waals surface area contributed by atoms with E-state index in [9.17, 15) is 18.0 Å². The van der Waals surface area contributed by atoms with Crippen molar-refractivity contribution in [2.75, 3.05) is 17.6 Å². The molecule has 0 unspecified atom stereocenters. The number of carbonyl (C=O) groups excluding carboxylic acids is 2. The third-order valence-electron chi connectivity index (χ3n) is 5.02. The molecule has 1 fully saturated rings. The molecule has 1 aliphatic rings. The molecule has 1 saturated carbocycles. The number of sulfonamides is 1. The minimum absolute atomic E-state index is 0.333. The van der Waals surface area contributed by atoms with E-state index in [1.807, 2.05) is 30.3 Å². The van der Waals surface area contributed by atoms with E-state index < -0.39 is 15.4 Å². The van der Waals surface area contributed by atoms with Crippen LogP contribution in [0.25, 0.3) is 0 Å². The van der Waals surface area contributed by atoms with E-state index in [4.69, 9.17) is 4.74 Å². The van der Waals surface area contributed by atoms with E-state index in [0.717, 1.165) is 37.5 Å². The van der Waals surface area contributed by atoms with Crippen molar-refractivity contribution in [1.29, 1.82) is 0 Å². The summed E-state index contributed by atoms with van der Waals surface area (Å²) in [5.74, 6) is -0.694. The molecule has 0 aliphatic heterocycles. The first-order chi connectivity index (χ1) is 13.3. The van der Waals surface area contributed by atoms with Gasteiger partial charge in [0.05, 0.1) is 11.7 Å². The van der Waals surface area contributed by atoms with Crippen LogP contribution in [-0.4, -0.2) is 33.0 Å². The zero-order valence-corrected chi connectivity index (χ0v) is 16.5. The first-order valence-corrected chi connectivity index (χ1v) is 11.0. The smallest absolute Gasteiger partial charge is 0.317 e. The highest BCUT2D eigenvalue weighted by Crippen LogP contribution is 2.42. The molecule has 2 aromatic carbocycles. The predicted molar refractivity (Wildman–Crippen MR) is 107 cm³/mol. The molecule has 1 N–H and O–H groups in total. The third kappa shape index (κ3) is 4.59. The average Bonchev–Trinajstić information content (AvgIpc) is 3.17. The fraction of sp³-hybridized carbons (Fsp3) is 0.333. The summed E-state index contributed by atoms with van der Waals surface area (Å²) >= 11 is 0. The van der Waals surface area contributed by atoms with Gasteiger partial charge in [0.15, 0.2) is 12.4 Å². The van der Waals surface area contributed by atoms with E-state index in [-0.39, 0.29) is 18.4 Å². The van der Waals surface area contributed by atoms with Crippen LogP contribution in [0.1, 0.15) is 41.6 Å². The summed E-state index contributed by atoms with van der Waals surface area (Å²) in [5.41, 5.74) is 0.975. The highest BCUT2D eigenvalue weighted by atomic mass is 32.2. The monoisotopic (exact) mass is 401 g/mol. The van der Waals surface area contributed by atoms with Gasteiger partial charge in [-0.3, -0.25) is 14.3 Å². The molecule has 0 heterocycles. The van der Waals surface area contributed by atoms with Gasteiger partial charge < -0.3 is 4.74 Å². The Labute approximate surface area is 165 Å². The number of carbonyl (C=O) groups is 2. The highest BCUT2D eigenvalue weighted by Gasteiger charge is 2.44. The minimum atomic E-state index is -3.38. The molecular weight excluding hydrogens is 378 g/mol. The number of hydrogen-bond acceptors (Lipinski definition) is 5. The van der Waals surface area contributed by atoms with E-state index in [1.165, 1.54) is 24.3 Å². The van der Waals surface area contributed by atoms with Gasteiger partial charge >= 0.3 is 5.97 Å². The molecular formula is C21H23NO5S. The third-order valence-corrected chi connectivity index (χ3v) is 5.63. The van der Waals surface area contributed by atoms with E-state index in [1.54, 1.807) is 0 Å². The van der Waals surface area contributed by atoms with Gasteiger partial charge in [-0.25, -0.2) is 8.42 Å². The largest absolute Gasteiger partial charge is 0.457 e. The lowest BCUT2D eigenvalue weighted by Crippen LogP contribution is -2.35. The van der Waals surface area contributed by atoms with Crippen molar-refractivity contribution in [2.24, 2.45) is 0 Å². The molecule has 0 aromatic heterocycles. The van der Waals surface area contributed by atoms with Gasteiger partial charge in [-0.05, 0) is 42.7 Å². The van der Waals surface area contributed by atoms with E-state index in [0.29, 0.717) is 11.3 Å². The number of rotatable bonds is 7. The molecule has 0 saturated heterocycles. The maximum Gasteiger partial charge on any atom is 0.317 e. The van der Waals surface area contributed by atoms with Crippen molar-refractivity contribution in [3.05, 3.63) is 65.7 Å². The molecule has 0 amide bonds. The van der Waals surface area contributed by atoms with Crippen LogP contribution in [0.4, 0.5) is 5.69 Å². The number of ketones is 1. The number of nitrogens with one attached hydrogen (secondary N) is 1. The molecule has 148 valence electrons. The highest BCUT2D eigenvalue weighted by molar-refractivity contribution is 7.92. The Kier molecular flexibility index (Phi) is 5.84. The zero-order chi connectivity index (χ0) is 20.2. The van der Waals surface area contributed by atoms with Crippen molar-refractivity contribution < 1.29 is 22.7 Å². The summed E-state index contributed by atoms with van der Waals surface area (Å²) in [6.45, 7) is -0.341. The lowest BCUT2D eigenvalue weighted by molar-refractivity contribution is -0.149. The fourth-order valence-corrected chi connectivity index (χ4v) is 4.20. The number of ether oxygens (including phenoxy) is 1. The van der Waals surface area contributed by atoms with Gasteiger partial charge in [0.1, 0.15) is 0 Å². The lowest BCUT2D eigenvalue weighted by atomic mass is 9.79. The minimum Gasteiger partial charge on any atom is -0.457 e. The molecule has 3 rings (SSSR count). The maximum atomic E-state index is 12.9. The number of hydrogen-bond donors (Lipinski definition) is 1. The van der Waals surface area contributed by atoms with Crippen LogP contribution >= 0.6 is 0 Å². The Balaban J connectivity index is 1.66. The first-order valence-electron chi connectivity index (χ1n) is 9.14. The summed E-state index contributed by atoms with van der Waals surface area (Å²) in [4.78, 5) is 25.2. The number of benzene rings is 2. The van der Waals surface area contributed by atoms with Gasteiger partial charge in [-0.15, -0.1) is 0 Å². The van der Waals surface area contributed by atoms with Gasteiger partial charge in [0.25, 0.3) is 0 Å². The van der Waals surface area contributed by atoms with E-state index >= 15 is 0 Å². The Morgan fingerprint density at radius 1 is 1.00 bits per heavy atom. The van der Waals surface area contributed by atoms with Crippen molar-refractivity contribution in [3.63, 3.8) is 0 Å². The zero-order valence-electron chi connectivity index (χ0n) is 15.7. The van der Waals surface area contributed by atoms with Crippen LogP contribution in [0.5, 0.6) is 0 Å². The quantitative estimate of drug-likeness (QED) is 0.568. The topological polar surface area (TPSA) is 89.5 Å². The normalized spacial score (nSPS) is 15.8. The fourth-order valence-electron chi connectivity index (χ4n) is 3.64. The Morgan fingerprint density at radius 2 is 1.61 bits per heavy atom. The van der Waals surface area contributed by atoms with Crippen LogP contribution < -0.4 is 4.72 Å². The molecule has 6 nitrogen and oxygen atoms in total. The summed E-state index contributed by atoms with van der Waals surface area (Å²) in [7, 11) is -3.38. The standard InChI is InChI=1S/C21H23NO5S/c1-28(25,26)22-18-11-9-16(10-12-18)19(23)15-27-20(24)21(13-5-6-14-21)17-7-3-2-4-8-17/h2-4,7-12,22H,5-6,13-15H2,1H3. The van der Waals surface area contributed by atoms with Crippen LogP contribution in [0, 0.1) is 0 Å². The predicted octanol–water partition coefficient (Wildman–Crippen LogP) is 3.30. The molecule has 1 aliphatic carbocycles. The summed E-state index contributed by atoms with van der Waals surface area (Å²) in [6, 6.07) is 15.6. The molecule has 2 aromatic rings. The van der Waals surface area contributed by atoms with Crippen LogP contribution in [0.15, 0.2) is 54.6 Å². The van der Waals surface area contributed by atoms with E-state index in [2.05, 4.69) is 4.72 Å². The first kappa shape index (κ1) is 20.1. The Hall–Kier alpha value is -2.67. The molecule has 0 atom stereocenters. The van der Waals surface area contributed by atoms with Gasteiger partial charge in [-0.2, -0.15) is 0 Å². The second-order valence-electron chi connectivity index (χ2n) is 7.11. The molecule has 7 heteroatoms. The molecule has 0 radical (unpaired) electrons. The van der Waals surface area contributed by atoms with Crippen LogP contribution in [0.3, 0.4) is 0 Å². The van der Waals surface area contributed by atoms with Crippen molar-refractivity contribution in [1.82, 2.24) is 0 Å². The summed E-state index contributed by atoms with van der Waals surface area (Å²) in [5, 5.41) is 0. The number of anilines is 1. The second kappa shape index (κ2) is 8.14. The SMILES string of the molecule is CS(=O)(=O)Nc1ccc(C(=O)COC(=O)C2(c3ccccc3)CCCC2)cc1. The summed E-state index contributed by atoms with van der Waals surface area (Å²) in [6.07, 6.45) is 4.39. The van der Waals surface area contributed by atoms with Gasteiger partial charge in [-0.1, -0.05) is 43.2 Å². The number of Topliss-reactive ketones (excluding diaryl/α,β-unsaturated/α-hetero) is 1. The molecule has 0 spiro atoms. The van der Waals surface area contributed by atoms with Gasteiger partial charge in [0, 0.05) is 11.3 Å². The number of esters is 1. The van der Waals surface area contributed by atoms with Crippen molar-refractivity contribution >= 4 is 27.5 Å². The molecule has 28 heavy (non-hydrogen) atoms. The second-order valence-corrected chi connectivity index (χ2v) is 8.85. The summed E-state index contributed by atoms with van der Waals surface area (Å²) < 4.78 is 30.2. The Bertz CT molecular complexity index is 946. The lowest BCUT2D eigenvalue weighted by Gasteiger charge is -2.27. The van der Waals surface area contributed by atoms with Crippen molar-refractivity contribution in [3.8, 4) is 0 Å². The maximum absolute atomic E-state index is 12.9.